The minimum Gasteiger partial charge on any atom is -0.466 e. The molecule has 2 aliphatic heterocycles. The van der Waals surface area contributed by atoms with Gasteiger partial charge in [-0.15, -0.1) is 0 Å². The van der Waals surface area contributed by atoms with Crippen LogP contribution in [0, 0.1) is 5.92 Å². The van der Waals surface area contributed by atoms with Crippen molar-refractivity contribution in [3.63, 3.8) is 0 Å². The molecule has 0 unspecified atom stereocenters. The number of hydrogen-bond acceptors (Lipinski definition) is 8. The van der Waals surface area contributed by atoms with Gasteiger partial charge in [-0.3, -0.25) is 4.79 Å². The van der Waals surface area contributed by atoms with E-state index in [0.717, 1.165) is 0 Å². The lowest BCUT2D eigenvalue weighted by atomic mass is 9.99. The highest BCUT2D eigenvalue weighted by atomic mass is 19.3. The third-order valence-electron chi connectivity index (χ3n) is 5.60. The zero-order valence-electron chi connectivity index (χ0n) is 20.3. The quantitative estimate of drug-likeness (QED) is 0.435. The minimum atomic E-state index is -3.08. The summed E-state index contributed by atoms with van der Waals surface area (Å²) < 4.78 is 58.2. The number of ether oxygens (including phenoxy) is 6. The van der Waals surface area contributed by atoms with E-state index >= 15 is 0 Å². The number of esters is 1. The number of cyclic esters (lactones) is 1. The summed E-state index contributed by atoms with van der Waals surface area (Å²) in [5.41, 5.74) is 0.254. The number of carbonyl (C=O) groups is 2. The molecule has 0 aliphatic carbocycles. The molecule has 1 aromatic carbocycles. The molecular weight excluding hydrogens is 466 g/mol. The van der Waals surface area contributed by atoms with Gasteiger partial charge in [0.2, 0.25) is 0 Å². The van der Waals surface area contributed by atoms with Gasteiger partial charge in [0, 0.05) is 19.1 Å². The van der Waals surface area contributed by atoms with Gasteiger partial charge >= 0.3 is 12.6 Å². The van der Waals surface area contributed by atoms with Gasteiger partial charge in [-0.25, -0.2) is 4.79 Å². The van der Waals surface area contributed by atoms with E-state index in [9.17, 15) is 18.4 Å². The van der Waals surface area contributed by atoms with Crippen LogP contribution in [-0.2, 0) is 23.7 Å². The Kier molecular flexibility index (Phi) is 8.63. The fraction of sp³-hybridized carbons (Fsp3) is 0.520. The second-order valence-electron chi connectivity index (χ2n) is 8.78. The zero-order chi connectivity index (χ0) is 25.8. The van der Waals surface area contributed by atoms with E-state index in [1.54, 1.807) is 45.9 Å². The van der Waals surface area contributed by atoms with Crippen LogP contribution >= 0.6 is 0 Å². The molecule has 3 rings (SSSR count). The minimum absolute atomic E-state index is 0.0246. The Bertz CT molecular complexity index is 988. The van der Waals surface area contributed by atoms with Crippen LogP contribution < -0.4 is 9.47 Å². The SMILES string of the molecule is COCOc1cc(OC(F)F)cc2c1C(=O)O[C@@H](C)[C@H](C)/C=C\C(=O)[C@H]1OC(C)(C)O[C@H]1C/C=C/2. The number of carbonyl (C=O) groups excluding carboxylic acids is 2. The number of ketones is 1. The second kappa shape index (κ2) is 11.3. The molecule has 10 heteroatoms. The number of methoxy groups -OCH3 is 1. The number of alkyl halides is 2. The van der Waals surface area contributed by atoms with Gasteiger partial charge in [-0.1, -0.05) is 25.2 Å². The van der Waals surface area contributed by atoms with Gasteiger partial charge in [0.1, 0.15) is 29.3 Å². The number of halogens is 2. The van der Waals surface area contributed by atoms with E-state index in [0.29, 0.717) is 0 Å². The Hall–Kier alpha value is -2.82. The van der Waals surface area contributed by atoms with Crippen LogP contribution in [0.2, 0.25) is 0 Å². The summed E-state index contributed by atoms with van der Waals surface area (Å²) in [4.78, 5) is 26.0. The molecule has 35 heavy (non-hydrogen) atoms. The smallest absolute Gasteiger partial charge is 0.387 e. The topological polar surface area (TPSA) is 89.5 Å². The number of rotatable bonds is 5. The Morgan fingerprint density at radius 1 is 1.14 bits per heavy atom. The van der Waals surface area contributed by atoms with Crippen LogP contribution in [0.15, 0.2) is 30.4 Å². The molecule has 0 N–H and O–H groups in total. The van der Waals surface area contributed by atoms with Crippen LogP contribution in [0.3, 0.4) is 0 Å². The molecule has 0 saturated carbocycles. The zero-order valence-corrected chi connectivity index (χ0v) is 20.3. The van der Waals surface area contributed by atoms with Crippen molar-refractivity contribution < 1.29 is 46.8 Å². The molecule has 0 amide bonds. The van der Waals surface area contributed by atoms with Crippen molar-refractivity contribution in [2.45, 2.75) is 64.8 Å². The Morgan fingerprint density at radius 3 is 2.57 bits per heavy atom. The van der Waals surface area contributed by atoms with Crippen molar-refractivity contribution in [1.29, 1.82) is 0 Å². The maximum atomic E-state index is 13.2. The lowest BCUT2D eigenvalue weighted by Crippen LogP contribution is -2.30. The Labute approximate surface area is 202 Å². The van der Waals surface area contributed by atoms with Crippen molar-refractivity contribution >= 4 is 17.8 Å². The van der Waals surface area contributed by atoms with E-state index in [-0.39, 0.29) is 47.5 Å². The van der Waals surface area contributed by atoms with Gasteiger partial charge in [-0.05, 0) is 44.9 Å². The average Bonchev–Trinajstić information content (AvgIpc) is 3.08. The molecule has 8 nitrogen and oxygen atoms in total. The molecule has 2 heterocycles. The van der Waals surface area contributed by atoms with E-state index < -0.39 is 36.7 Å². The van der Waals surface area contributed by atoms with Crippen LogP contribution in [-0.4, -0.2) is 56.4 Å². The highest BCUT2D eigenvalue weighted by molar-refractivity contribution is 5.97. The molecule has 192 valence electrons. The number of hydrogen-bond donors (Lipinski definition) is 0. The summed E-state index contributed by atoms with van der Waals surface area (Å²) in [5.74, 6) is -2.51. The van der Waals surface area contributed by atoms with Crippen molar-refractivity contribution in [2.24, 2.45) is 5.92 Å². The lowest BCUT2D eigenvalue weighted by molar-refractivity contribution is -0.152. The van der Waals surface area contributed by atoms with E-state index in [1.165, 1.54) is 25.3 Å². The molecule has 0 aromatic heterocycles. The van der Waals surface area contributed by atoms with Crippen molar-refractivity contribution in [2.75, 3.05) is 13.9 Å². The summed E-state index contributed by atoms with van der Waals surface area (Å²) in [5, 5.41) is 0. The number of fused-ring (bicyclic) bond motifs is 2. The van der Waals surface area contributed by atoms with Gasteiger partial charge in [-0.2, -0.15) is 8.78 Å². The third-order valence-corrected chi connectivity index (χ3v) is 5.60. The monoisotopic (exact) mass is 496 g/mol. The standard InChI is InChI=1S/C25H30F2O8/c1-14-9-10-18(28)22-19(34-25(3,4)35-22)8-6-7-16-11-17(33-24(26)27)12-20(31-13-30-5)21(16)23(29)32-15(14)2/h6-7,9-12,14-15,19,22,24H,8,13H2,1-5H3/b7-6+,10-9-/t14-,15+,19+,22-/m1/s1. The summed E-state index contributed by atoms with van der Waals surface area (Å²) in [7, 11) is 1.38. The molecular formula is C25H30F2O8. The molecule has 0 bridgehead atoms. The van der Waals surface area contributed by atoms with Gasteiger partial charge in [0.15, 0.2) is 18.4 Å². The van der Waals surface area contributed by atoms with Gasteiger partial charge in [0.25, 0.3) is 0 Å². The molecule has 2 aliphatic rings. The van der Waals surface area contributed by atoms with Crippen LogP contribution in [0.5, 0.6) is 11.5 Å². The Morgan fingerprint density at radius 2 is 1.89 bits per heavy atom. The van der Waals surface area contributed by atoms with Crippen molar-refractivity contribution in [1.82, 2.24) is 0 Å². The first-order valence-electron chi connectivity index (χ1n) is 11.2. The molecule has 4 atom stereocenters. The molecule has 1 aromatic rings. The summed E-state index contributed by atoms with van der Waals surface area (Å²) >= 11 is 0. The van der Waals surface area contributed by atoms with Gasteiger partial charge in [0.05, 0.1) is 6.10 Å². The van der Waals surface area contributed by atoms with Crippen LogP contribution in [0.25, 0.3) is 6.08 Å². The fourth-order valence-corrected chi connectivity index (χ4v) is 3.78. The Balaban J connectivity index is 2.09. The predicted molar refractivity (Wildman–Crippen MR) is 121 cm³/mol. The van der Waals surface area contributed by atoms with Crippen molar-refractivity contribution in [3.8, 4) is 11.5 Å². The average molecular weight is 497 g/mol. The predicted octanol–water partition coefficient (Wildman–Crippen LogP) is 4.51. The highest BCUT2D eigenvalue weighted by Crippen LogP contribution is 2.34. The molecule has 0 spiro atoms. The summed E-state index contributed by atoms with van der Waals surface area (Å²) in [6, 6.07) is 2.47. The molecule has 1 fully saturated rings. The normalized spacial score (nSPS) is 28.5. The third kappa shape index (κ3) is 6.87. The van der Waals surface area contributed by atoms with Gasteiger partial charge < -0.3 is 28.4 Å². The maximum absolute atomic E-state index is 13.2. The maximum Gasteiger partial charge on any atom is 0.387 e. The summed E-state index contributed by atoms with van der Waals surface area (Å²) in [6.07, 6.45) is 4.49. The first-order valence-corrected chi connectivity index (χ1v) is 11.2. The van der Waals surface area contributed by atoms with Crippen LogP contribution in [0.1, 0.15) is 50.0 Å². The summed E-state index contributed by atoms with van der Waals surface area (Å²) in [6.45, 7) is 3.60. The van der Waals surface area contributed by atoms with E-state index in [2.05, 4.69) is 4.74 Å². The van der Waals surface area contributed by atoms with E-state index in [4.69, 9.17) is 23.7 Å². The van der Waals surface area contributed by atoms with Crippen LogP contribution in [0.4, 0.5) is 8.78 Å². The fourth-order valence-electron chi connectivity index (χ4n) is 3.78. The first kappa shape index (κ1) is 26.8. The lowest BCUT2D eigenvalue weighted by Gasteiger charge is -2.21. The first-order chi connectivity index (χ1) is 16.5. The number of benzene rings is 1. The molecule has 1 saturated heterocycles. The van der Waals surface area contributed by atoms with E-state index in [1.807, 2.05) is 0 Å². The second-order valence-corrected chi connectivity index (χ2v) is 8.78. The van der Waals surface area contributed by atoms with Crippen molar-refractivity contribution in [3.05, 3.63) is 41.5 Å². The highest BCUT2D eigenvalue weighted by Gasteiger charge is 2.43. The molecule has 0 radical (unpaired) electrons. The largest absolute Gasteiger partial charge is 0.466 e.